The Morgan fingerprint density at radius 2 is 2.35 bits per heavy atom. The molecular formula is C15H19ClN4. The number of hydrogen-bond acceptors (Lipinski definition) is 3. The van der Waals surface area contributed by atoms with Gasteiger partial charge in [0.05, 0.1) is 6.20 Å². The van der Waals surface area contributed by atoms with Crippen LogP contribution in [-0.2, 0) is 13.6 Å². The highest BCUT2D eigenvalue weighted by molar-refractivity contribution is 6.30. The third-order valence-electron chi connectivity index (χ3n) is 3.73. The lowest BCUT2D eigenvalue weighted by molar-refractivity contribution is 0.153. The fourth-order valence-corrected chi connectivity index (χ4v) is 2.96. The lowest BCUT2D eigenvalue weighted by Gasteiger charge is -2.36. The van der Waals surface area contributed by atoms with Crippen molar-refractivity contribution >= 4 is 11.6 Å². The maximum absolute atomic E-state index is 6.12. The van der Waals surface area contributed by atoms with E-state index in [4.69, 9.17) is 11.6 Å². The molecule has 1 N–H and O–H groups in total. The molecule has 1 saturated heterocycles. The highest BCUT2D eigenvalue weighted by atomic mass is 35.5. The maximum atomic E-state index is 6.12. The molecule has 5 heteroatoms. The lowest BCUT2D eigenvalue weighted by atomic mass is 10.0. The quantitative estimate of drug-likeness (QED) is 0.941. The summed E-state index contributed by atoms with van der Waals surface area (Å²) in [6.07, 6.45) is 4.02. The van der Waals surface area contributed by atoms with Crippen LogP contribution < -0.4 is 5.32 Å². The molecule has 1 fully saturated rings. The summed E-state index contributed by atoms with van der Waals surface area (Å²) in [4.78, 5) is 2.49. The summed E-state index contributed by atoms with van der Waals surface area (Å²) in [5.74, 6) is 0. The second-order valence-corrected chi connectivity index (χ2v) is 5.70. The standard InChI is InChI=1S/C15H19ClN4/c1-19-10-12(8-18-19)11-20-6-5-17-9-15(20)13-3-2-4-14(16)7-13/h2-4,7-8,10,15,17H,5-6,9,11H2,1H3. The molecule has 1 aromatic heterocycles. The first kappa shape index (κ1) is 13.6. The van der Waals surface area contributed by atoms with E-state index >= 15 is 0 Å². The predicted octanol–water partition coefficient (Wildman–Crippen LogP) is 2.22. The molecule has 3 rings (SSSR count). The zero-order chi connectivity index (χ0) is 13.9. The Labute approximate surface area is 124 Å². The van der Waals surface area contributed by atoms with Crippen LogP contribution in [0.2, 0.25) is 5.02 Å². The summed E-state index contributed by atoms with van der Waals surface area (Å²) in [6, 6.07) is 8.53. The summed E-state index contributed by atoms with van der Waals surface area (Å²) in [6.45, 7) is 3.94. The minimum absolute atomic E-state index is 0.364. The third-order valence-corrected chi connectivity index (χ3v) is 3.97. The van der Waals surface area contributed by atoms with Gasteiger partial charge in [-0.25, -0.2) is 0 Å². The number of piperazine rings is 1. The molecule has 1 aromatic carbocycles. The van der Waals surface area contributed by atoms with Crippen LogP contribution in [-0.4, -0.2) is 34.3 Å². The van der Waals surface area contributed by atoms with Gasteiger partial charge in [0, 0.05) is 56.1 Å². The number of aryl methyl sites for hydroxylation is 1. The first-order chi connectivity index (χ1) is 9.72. The Hall–Kier alpha value is -1.36. The van der Waals surface area contributed by atoms with Gasteiger partial charge in [0.15, 0.2) is 0 Å². The minimum atomic E-state index is 0.364. The number of benzene rings is 1. The average Bonchev–Trinajstić information content (AvgIpc) is 2.85. The van der Waals surface area contributed by atoms with Crippen LogP contribution in [0.25, 0.3) is 0 Å². The second kappa shape index (κ2) is 5.95. The Bertz CT molecular complexity index is 581. The van der Waals surface area contributed by atoms with Gasteiger partial charge in [0.2, 0.25) is 0 Å². The smallest absolute Gasteiger partial charge is 0.0534 e. The zero-order valence-corrected chi connectivity index (χ0v) is 12.3. The number of rotatable bonds is 3. The van der Waals surface area contributed by atoms with Gasteiger partial charge in [-0.2, -0.15) is 5.10 Å². The summed E-state index contributed by atoms with van der Waals surface area (Å²) >= 11 is 6.12. The second-order valence-electron chi connectivity index (χ2n) is 5.27. The highest BCUT2D eigenvalue weighted by Crippen LogP contribution is 2.26. The molecule has 0 saturated carbocycles. The van der Waals surface area contributed by atoms with Crippen molar-refractivity contribution in [2.24, 2.45) is 7.05 Å². The van der Waals surface area contributed by atoms with E-state index in [0.717, 1.165) is 31.2 Å². The SMILES string of the molecule is Cn1cc(CN2CCNCC2c2cccc(Cl)c2)cn1. The molecule has 0 bridgehead atoms. The molecule has 0 spiro atoms. The van der Waals surface area contributed by atoms with Crippen molar-refractivity contribution in [3.8, 4) is 0 Å². The first-order valence-corrected chi connectivity index (χ1v) is 7.28. The molecule has 0 radical (unpaired) electrons. The first-order valence-electron chi connectivity index (χ1n) is 6.90. The van der Waals surface area contributed by atoms with E-state index in [1.165, 1.54) is 11.1 Å². The lowest BCUT2D eigenvalue weighted by Crippen LogP contribution is -2.45. The number of nitrogens with zero attached hydrogens (tertiary/aromatic N) is 3. The molecule has 1 aliphatic rings. The molecule has 1 unspecified atom stereocenters. The molecule has 2 heterocycles. The number of halogens is 1. The van der Waals surface area contributed by atoms with Gasteiger partial charge in [-0.1, -0.05) is 23.7 Å². The monoisotopic (exact) mass is 290 g/mol. The molecule has 2 aromatic rings. The van der Waals surface area contributed by atoms with E-state index in [9.17, 15) is 0 Å². The van der Waals surface area contributed by atoms with Crippen molar-refractivity contribution in [3.63, 3.8) is 0 Å². The summed E-state index contributed by atoms with van der Waals surface area (Å²) in [7, 11) is 1.95. The number of nitrogens with one attached hydrogen (secondary N) is 1. The fourth-order valence-electron chi connectivity index (χ4n) is 2.77. The zero-order valence-electron chi connectivity index (χ0n) is 11.6. The number of aromatic nitrogens is 2. The summed E-state index contributed by atoms with van der Waals surface area (Å²) in [5.41, 5.74) is 2.52. The Balaban J connectivity index is 1.80. The van der Waals surface area contributed by atoms with Gasteiger partial charge in [-0.3, -0.25) is 9.58 Å². The predicted molar refractivity (Wildman–Crippen MR) is 80.7 cm³/mol. The van der Waals surface area contributed by atoms with Gasteiger partial charge in [-0.15, -0.1) is 0 Å². The van der Waals surface area contributed by atoms with Gasteiger partial charge in [-0.05, 0) is 17.7 Å². The van der Waals surface area contributed by atoms with Crippen molar-refractivity contribution < 1.29 is 0 Å². The molecule has 4 nitrogen and oxygen atoms in total. The number of hydrogen-bond donors (Lipinski definition) is 1. The van der Waals surface area contributed by atoms with Crippen LogP contribution in [0, 0.1) is 0 Å². The van der Waals surface area contributed by atoms with Gasteiger partial charge >= 0.3 is 0 Å². The van der Waals surface area contributed by atoms with Crippen LogP contribution in [0.1, 0.15) is 17.2 Å². The molecule has 0 aliphatic carbocycles. The van der Waals surface area contributed by atoms with E-state index in [0.29, 0.717) is 6.04 Å². The van der Waals surface area contributed by atoms with Gasteiger partial charge in [0.1, 0.15) is 0 Å². The molecule has 1 aliphatic heterocycles. The van der Waals surface area contributed by atoms with E-state index in [1.54, 1.807) is 0 Å². The van der Waals surface area contributed by atoms with Crippen molar-refractivity contribution in [1.29, 1.82) is 0 Å². The highest BCUT2D eigenvalue weighted by Gasteiger charge is 2.24. The summed E-state index contributed by atoms with van der Waals surface area (Å²) in [5, 5.41) is 8.52. The van der Waals surface area contributed by atoms with E-state index < -0.39 is 0 Å². The Morgan fingerprint density at radius 1 is 1.45 bits per heavy atom. The molecule has 1 atom stereocenters. The normalized spacial score (nSPS) is 20.2. The Morgan fingerprint density at radius 3 is 3.10 bits per heavy atom. The maximum Gasteiger partial charge on any atom is 0.0534 e. The van der Waals surface area contributed by atoms with Crippen molar-refractivity contribution in [2.75, 3.05) is 19.6 Å². The topological polar surface area (TPSA) is 33.1 Å². The van der Waals surface area contributed by atoms with E-state index in [1.807, 2.05) is 30.1 Å². The van der Waals surface area contributed by atoms with Crippen LogP contribution in [0.3, 0.4) is 0 Å². The van der Waals surface area contributed by atoms with Crippen LogP contribution in [0.5, 0.6) is 0 Å². The van der Waals surface area contributed by atoms with Crippen LogP contribution in [0.4, 0.5) is 0 Å². The molecule has 106 valence electrons. The summed E-state index contributed by atoms with van der Waals surface area (Å²) < 4.78 is 1.85. The van der Waals surface area contributed by atoms with Crippen LogP contribution >= 0.6 is 11.6 Å². The molecular weight excluding hydrogens is 272 g/mol. The van der Waals surface area contributed by atoms with Gasteiger partial charge < -0.3 is 5.32 Å². The van der Waals surface area contributed by atoms with Crippen molar-refractivity contribution in [1.82, 2.24) is 20.0 Å². The fraction of sp³-hybridized carbons (Fsp3) is 0.400. The third kappa shape index (κ3) is 3.03. The van der Waals surface area contributed by atoms with Crippen molar-refractivity contribution in [2.45, 2.75) is 12.6 Å². The van der Waals surface area contributed by atoms with E-state index in [-0.39, 0.29) is 0 Å². The van der Waals surface area contributed by atoms with E-state index in [2.05, 4.69) is 33.6 Å². The largest absolute Gasteiger partial charge is 0.314 e. The Kier molecular flexibility index (Phi) is 4.05. The molecule has 20 heavy (non-hydrogen) atoms. The minimum Gasteiger partial charge on any atom is -0.314 e. The molecule has 0 amide bonds. The van der Waals surface area contributed by atoms with Crippen molar-refractivity contribution in [3.05, 3.63) is 52.8 Å². The average molecular weight is 291 g/mol. The van der Waals surface area contributed by atoms with Crippen LogP contribution in [0.15, 0.2) is 36.7 Å². The van der Waals surface area contributed by atoms with Gasteiger partial charge in [0.25, 0.3) is 0 Å².